The molecule has 1 aromatic rings. The Morgan fingerprint density at radius 2 is 1.97 bits per heavy atom. The predicted molar refractivity (Wildman–Crippen MR) is 101 cm³/mol. The Kier molecular flexibility index (Phi) is 7.67. The fourth-order valence-electron chi connectivity index (χ4n) is 3.14. The molecule has 11 heteroatoms. The highest BCUT2D eigenvalue weighted by atomic mass is 19.1. The minimum Gasteiger partial charge on any atom is -0.465 e. The highest BCUT2D eigenvalue weighted by molar-refractivity contribution is 5.65. The highest BCUT2D eigenvalue weighted by Crippen LogP contribution is 2.23. The van der Waals surface area contributed by atoms with Gasteiger partial charge in [-0.25, -0.2) is 13.6 Å². The number of hydrogen-bond donors (Lipinski definition) is 2. The van der Waals surface area contributed by atoms with Gasteiger partial charge in [-0.05, 0) is 23.1 Å². The van der Waals surface area contributed by atoms with Crippen molar-refractivity contribution in [2.24, 2.45) is 5.41 Å². The molecule has 1 aliphatic heterocycles. The van der Waals surface area contributed by atoms with E-state index in [-0.39, 0.29) is 24.1 Å². The first-order valence-electron chi connectivity index (χ1n) is 9.36. The van der Waals surface area contributed by atoms with E-state index in [0.29, 0.717) is 12.7 Å². The molecule has 0 saturated carbocycles. The monoisotopic (exact) mass is 432 g/mol. The van der Waals surface area contributed by atoms with E-state index >= 15 is 0 Å². The predicted octanol–water partition coefficient (Wildman–Crippen LogP) is 2.28. The van der Waals surface area contributed by atoms with Crippen molar-refractivity contribution in [1.82, 2.24) is 4.90 Å². The molecule has 0 unspecified atom stereocenters. The Morgan fingerprint density at radius 1 is 1.37 bits per heavy atom. The second-order valence-electron chi connectivity index (χ2n) is 8.46. The van der Waals surface area contributed by atoms with Crippen molar-refractivity contribution in [2.45, 2.75) is 51.7 Å². The van der Waals surface area contributed by atoms with E-state index < -0.39 is 53.5 Å². The fraction of sp³-hybridized carbons (Fsp3) is 0.632. The van der Waals surface area contributed by atoms with Gasteiger partial charge in [0.05, 0.1) is 25.8 Å². The molecule has 1 amide bonds. The molecule has 2 rings (SSSR count). The minimum atomic E-state index is -1.77. The average molecular weight is 432 g/mol. The summed E-state index contributed by atoms with van der Waals surface area (Å²) in [4.78, 5) is 23.3. The molecule has 1 saturated heterocycles. The first kappa shape index (κ1) is 23.9. The van der Waals surface area contributed by atoms with Gasteiger partial charge in [-0.3, -0.25) is 15.0 Å². The van der Waals surface area contributed by atoms with Crippen LogP contribution in [0, 0.1) is 27.2 Å². The maximum absolute atomic E-state index is 13.4. The van der Waals surface area contributed by atoms with Gasteiger partial charge in [0.2, 0.25) is 6.04 Å². The average Bonchev–Trinajstić information content (AvgIpc) is 2.62. The summed E-state index contributed by atoms with van der Waals surface area (Å²) >= 11 is 0. The van der Waals surface area contributed by atoms with Gasteiger partial charge in [0.25, 0.3) is 0 Å². The molecule has 2 N–H and O–H groups in total. The van der Waals surface area contributed by atoms with Crippen molar-refractivity contribution in [2.75, 3.05) is 19.8 Å². The summed E-state index contributed by atoms with van der Waals surface area (Å²) in [6, 6.07) is -0.469. The third-order valence-corrected chi connectivity index (χ3v) is 4.57. The molecule has 30 heavy (non-hydrogen) atoms. The van der Waals surface area contributed by atoms with Gasteiger partial charge in [-0.15, -0.1) is 0 Å². The molecule has 1 fully saturated rings. The number of amides is 1. The Bertz CT molecular complexity index is 751. The van der Waals surface area contributed by atoms with Gasteiger partial charge in [0.15, 0.2) is 6.29 Å². The summed E-state index contributed by atoms with van der Waals surface area (Å²) in [6.07, 6.45) is -4.54. The van der Waals surface area contributed by atoms with E-state index in [4.69, 9.17) is 9.47 Å². The zero-order valence-corrected chi connectivity index (χ0v) is 17.0. The lowest BCUT2D eigenvalue weighted by atomic mass is 9.95. The molecule has 0 aromatic heterocycles. The number of aliphatic hydroxyl groups excluding tert-OH is 1. The molecule has 168 valence electrons. The van der Waals surface area contributed by atoms with Crippen molar-refractivity contribution >= 4 is 6.09 Å². The van der Waals surface area contributed by atoms with Crippen LogP contribution in [0.25, 0.3) is 0 Å². The van der Waals surface area contributed by atoms with E-state index in [1.54, 1.807) is 0 Å². The van der Waals surface area contributed by atoms with Crippen LogP contribution in [0.4, 0.5) is 13.6 Å². The molecule has 0 spiro atoms. The Labute approximate surface area is 172 Å². The quantitative estimate of drug-likeness (QED) is 0.501. The lowest BCUT2D eigenvalue weighted by Gasteiger charge is -2.40. The molecule has 1 aromatic carbocycles. The number of ether oxygens (including phenoxy) is 2. The molecule has 0 bridgehead atoms. The number of aliphatic hydroxyl groups is 1. The molecule has 0 radical (unpaired) electrons. The lowest BCUT2D eigenvalue weighted by Crippen LogP contribution is -2.60. The highest BCUT2D eigenvalue weighted by Gasteiger charge is 2.44. The zero-order chi connectivity index (χ0) is 22.6. The summed E-state index contributed by atoms with van der Waals surface area (Å²) in [5.41, 5.74) is -0.219. The summed E-state index contributed by atoms with van der Waals surface area (Å²) in [5.74, 6) is -1.82. The summed E-state index contributed by atoms with van der Waals surface area (Å²) in [6.45, 7) is 5.49. The Hall–Kier alpha value is -2.37. The molecule has 9 nitrogen and oxygen atoms in total. The SMILES string of the molecule is CC(C)(C)CO[C@H]1CN(C(=O)O)[C@@H]([C@@H](O)[C@H](Cc2cc(F)cc(F)c2)[N+](=O)[O-])CO1. The van der Waals surface area contributed by atoms with Crippen molar-refractivity contribution in [3.05, 3.63) is 45.5 Å². The van der Waals surface area contributed by atoms with E-state index in [1.807, 2.05) is 20.8 Å². The van der Waals surface area contributed by atoms with Crippen LogP contribution >= 0.6 is 0 Å². The maximum atomic E-state index is 13.4. The van der Waals surface area contributed by atoms with Crippen molar-refractivity contribution in [3.63, 3.8) is 0 Å². The van der Waals surface area contributed by atoms with E-state index in [9.17, 15) is 33.9 Å². The largest absolute Gasteiger partial charge is 0.465 e. The van der Waals surface area contributed by atoms with Gasteiger partial charge in [0.1, 0.15) is 17.7 Å². The zero-order valence-electron chi connectivity index (χ0n) is 17.0. The van der Waals surface area contributed by atoms with Crippen LogP contribution < -0.4 is 0 Å². The second kappa shape index (κ2) is 9.63. The fourth-order valence-corrected chi connectivity index (χ4v) is 3.14. The van der Waals surface area contributed by atoms with Crippen molar-refractivity contribution < 1.29 is 38.2 Å². The van der Waals surface area contributed by atoms with Crippen LogP contribution in [0.15, 0.2) is 18.2 Å². The number of rotatable bonds is 7. The van der Waals surface area contributed by atoms with Gasteiger partial charge in [-0.2, -0.15) is 0 Å². The second-order valence-corrected chi connectivity index (χ2v) is 8.46. The topological polar surface area (TPSA) is 122 Å². The summed E-state index contributed by atoms with van der Waals surface area (Å²) < 4.78 is 37.9. The van der Waals surface area contributed by atoms with Gasteiger partial charge in [-0.1, -0.05) is 20.8 Å². The lowest BCUT2D eigenvalue weighted by molar-refractivity contribution is -0.536. The molecule has 0 aliphatic carbocycles. The summed E-state index contributed by atoms with van der Waals surface area (Å²) in [5, 5.41) is 31.7. The number of carbonyl (C=O) groups is 1. The number of benzene rings is 1. The number of halogens is 2. The molecular weight excluding hydrogens is 406 g/mol. The van der Waals surface area contributed by atoms with E-state index in [1.165, 1.54) is 0 Å². The summed E-state index contributed by atoms with van der Waals surface area (Å²) in [7, 11) is 0. The van der Waals surface area contributed by atoms with Gasteiger partial charge >= 0.3 is 6.09 Å². The van der Waals surface area contributed by atoms with Crippen LogP contribution in [-0.2, 0) is 15.9 Å². The molecule has 1 aliphatic rings. The number of carboxylic acid groups (broad SMARTS) is 1. The number of nitrogens with zero attached hydrogens (tertiary/aromatic N) is 2. The van der Waals surface area contributed by atoms with Gasteiger partial charge < -0.3 is 19.7 Å². The first-order valence-corrected chi connectivity index (χ1v) is 9.36. The van der Waals surface area contributed by atoms with Gasteiger partial charge in [0, 0.05) is 17.4 Å². The number of nitro groups is 1. The number of morpholine rings is 1. The van der Waals surface area contributed by atoms with Crippen LogP contribution in [0.1, 0.15) is 26.3 Å². The van der Waals surface area contributed by atoms with Crippen molar-refractivity contribution in [1.29, 1.82) is 0 Å². The third kappa shape index (κ3) is 6.57. The Morgan fingerprint density at radius 3 is 2.47 bits per heavy atom. The Balaban J connectivity index is 2.15. The molecule has 4 atom stereocenters. The van der Waals surface area contributed by atoms with Crippen LogP contribution in [0.3, 0.4) is 0 Å². The van der Waals surface area contributed by atoms with Crippen molar-refractivity contribution in [3.8, 4) is 0 Å². The van der Waals surface area contributed by atoms with Crippen LogP contribution in [-0.4, -0.2) is 70.4 Å². The van der Waals surface area contributed by atoms with Crippen LogP contribution in [0.2, 0.25) is 0 Å². The first-order chi connectivity index (χ1) is 13.9. The smallest absolute Gasteiger partial charge is 0.407 e. The maximum Gasteiger partial charge on any atom is 0.407 e. The third-order valence-electron chi connectivity index (χ3n) is 4.57. The molecule has 1 heterocycles. The molecular formula is C19H26F2N2O7. The van der Waals surface area contributed by atoms with E-state index in [0.717, 1.165) is 17.0 Å². The van der Waals surface area contributed by atoms with E-state index in [2.05, 4.69) is 0 Å². The normalized spacial score (nSPS) is 21.9. The standard InChI is InChI=1S/C19H26F2N2O7/c1-19(2,3)10-30-16-8-22(18(25)26)15(9-29-16)17(24)14(23(27)28)6-11-4-12(20)7-13(21)5-11/h4-5,7,14-17,24H,6,8-10H2,1-3H3,(H,25,26)/t14-,15+,16-,17-/m0/s1. The number of hydrogen-bond acceptors (Lipinski definition) is 6. The minimum absolute atomic E-state index is 0.0294. The van der Waals surface area contributed by atoms with Crippen LogP contribution in [0.5, 0.6) is 0 Å².